The van der Waals surface area contributed by atoms with E-state index < -0.39 is 9.84 Å². The third kappa shape index (κ3) is 4.56. The average Bonchev–Trinajstić information content (AvgIpc) is 2.26. The first kappa shape index (κ1) is 13.7. The largest absolute Gasteiger partial charge is 0.356 e. The molecule has 17 heavy (non-hydrogen) atoms. The Kier molecular flexibility index (Phi) is 4.69. The lowest BCUT2D eigenvalue weighted by atomic mass is 10.1. The van der Waals surface area contributed by atoms with Crippen LogP contribution < -0.4 is 5.32 Å². The van der Waals surface area contributed by atoms with Crippen LogP contribution in [0.5, 0.6) is 0 Å². The van der Waals surface area contributed by atoms with Crippen molar-refractivity contribution >= 4 is 15.7 Å². The normalized spacial score (nSPS) is 11.2. The van der Waals surface area contributed by atoms with Crippen molar-refractivity contribution in [2.24, 2.45) is 0 Å². The first-order valence-electron chi connectivity index (χ1n) is 5.49. The highest BCUT2D eigenvalue weighted by atomic mass is 32.2. The number of amides is 1. The van der Waals surface area contributed by atoms with Crippen molar-refractivity contribution in [3.05, 3.63) is 29.8 Å². The number of benzene rings is 1. The molecular formula is C12H17NO3S. The first-order valence-corrected chi connectivity index (χ1v) is 7.38. The van der Waals surface area contributed by atoms with Crippen LogP contribution in [0, 0.1) is 0 Å². The highest BCUT2D eigenvalue weighted by molar-refractivity contribution is 7.90. The second-order valence-electron chi connectivity index (χ2n) is 3.94. The molecule has 0 saturated carbocycles. The third-order valence-electron chi connectivity index (χ3n) is 2.29. The second kappa shape index (κ2) is 5.82. The summed E-state index contributed by atoms with van der Waals surface area (Å²) in [5, 5.41) is 2.77. The summed E-state index contributed by atoms with van der Waals surface area (Å²) >= 11 is 0. The van der Waals surface area contributed by atoms with Crippen molar-refractivity contribution < 1.29 is 13.2 Å². The molecule has 0 unspecified atom stereocenters. The van der Waals surface area contributed by atoms with E-state index in [0.717, 1.165) is 18.2 Å². The van der Waals surface area contributed by atoms with Crippen LogP contribution in [0.3, 0.4) is 0 Å². The van der Waals surface area contributed by atoms with Crippen molar-refractivity contribution in [1.29, 1.82) is 0 Å². The van der Waals surface area contributed by atoms with Gasteiger partial charge in [0.05, 0.1) is 11.3 Å². The van der Waals surface area contributed by atoms with Gasteiger partial charge >= 0.3 is 0 Å². The van der Waals surface area contributed by atoms with Crippen molar-refractivity contribution in [3.8, 4) is 0 Å². The van der Waals surface area contributed by atoms with Gasteiger partial charge in [0.15, 0.2) is 9.84 Å². The molecule has 0 aliphatic carbocycles. The molecule has 0 fully saturated rings. The van der Waals surface area contributed by atoms with Gasteiger partial charge in [0.25, 0.3) is 0 Å². The maximum atomic E-state index is 11.4. The number of carbonyl (C=O) groups is 1. The molecule has 1 aromatic carbocycles. The fourth-order valence-corrected chi connectivity index (χ4v) is 2.00. The monoisotopic (exact) mass is 255 g/mol. The standard InChI is InChI=1S/C12H17NO3S/c1-3-8-13-12(14)9-10-4-6-11(7-5-10)17(2,15)16/h4-7H,3,8-9H2,1-2H3,(H,13,14). The summed E-state index contributed by atoms with van der Waals surface area (Å²) in [6.45, 7) is 2.65. The number of rotatable bonds is 5. The molecule has 0 atom stereocenters. The number of hydrogen-bond acceptors (Lipinski definition) is 3. The SMILES string of the molecule is CCCNC(=O)Cc1ccc(S(C)(=O)=O)cc1. The van der Waals surface area contributed by atoms with E-state index in [2.05, 4.69) is 5.32 Å². The van der Waals surface area contributed by atoms with E-state index in [-0.39, 0.29) is 17.2 Å². The summed E-state index contributed by atoms with van der Waals surface area (Å²) < 4.78 is 22.5. The molecule has 0 aliphatic rings. The molecule has 0 aromatic heterocycles. The van der Waals surface area contributed by atoms with E-state index in [4.69, 9.17) is 0 Å². The maximum Gasteiger partial charge on any atom is 0.224 e. The molecule has 0 saturated heterocycles. The van der Waals surface area contributed by atoms with E-state index in [1.54, 1.807) is 12.1 Å². The molecule has 5 heteroatoms. The molecule has 0 radical (unpaired) electrons. The van der Waals surface area contributed by atoms with Gasteiger partial charge in [-0.05, 0) is 24.1 Å². The van der Waals surface area contributed by atoms with Gasteiger partial charge in [0.1, 0.15) is 0 Å². The lowest BCUT2D eigenvalue weighted by molar-refractivity contribution is -0.120. The quantitative estimate of drug-likeness (QED) is 0.858. The van der Waals surface area contributed by atoms with Crippen LogP contribution in [0.2, 0.25) is 0 Å². The molecule has 0 aliphatic heterocycles. The summed E-state index contributed by atoms with van der Waals surface area (Å²) in [7, 11) is -3.16. The fraction of sp³-hybridized carbons (Fsp3) is 0.417. The summed E-state index contributed by atoms with van der Waals surface area (Å²) in [5.74, 6) is -0.0426. The number of hydrogen-bond donors (Lipinski definition) is 1. The lowest BCUT2D eigenvalue weighted by Gasteiger charge is -2.04. The third-order valence-corrected chi connectivity index (χ3v) is 3.42. The van der Waals surface area contributed by atoms with Crippen LogP contribution in [0.15, 0.2) is 29.2 Å². The molecule has 0 heterocycles. The minimum atomic E-state index is -3.16. The van der Waals surface area contributed by atoms with E-state index in [1.165, 1.54) is 12.1 Å². The van der Waals surface area contributed by atoms with Gasteiger partial charge in [-0.3, -0.25) is 4.79 Å². The van der Waals surface area contributed by atoms with Crippen molar-refractivity contribution in [2.75, 3.05) is 12.8 Å². The van der Waals surface area contributed by atoms with Gasteiger partial charge in [-0.25, -0.2) is 8.42 Å². The zero-order chi connectivity index (χ0) is 12.9. The van der Waals surface area contributed by atoms with Gasteiger partial charge in [-0.15, -0.1) is 0 Å². The van der Waals surface area contributed by atoms with Crippen LogP contribution >= 0.6 is 0 Å². The highest BCUT2D eigenvalue weighted by Gasteiger charge is 2.07. The Morgan fingerprint density at radius 2 is 1.82 bits per heavy atom. The van der Waals surface area contributed by atoms with Crippen molar-refractivity contribution in [1.82, 2.24) is 5.32 Å². The Labute approximate surface area is 102 Å². The minimum Gasteiger partial charge on any atom is -0.356 e. The van der Waals surface area contributed by atoms with Crippen LogP contribution in [0.1, 0.15) is 18.9 Å². The molecular weight excluding hydrogens is 238 g/mol. The van der Waals surface area contributed by atoms with Gasteiger partial charge in [0, 0.05) is 12.8 Å². The molecule has 4 nitrogen and oxygen atoms in total. The zero-order valence-corrected chi connectivity index (χ0v) is 10.9. The maximum absolute atomic E-state index is 11.4. The summed E-state index contributed by atoms with van der Waals surface area (Å²) in [4.78, 5) is 11.7. The molecule has 1 N–H and O–H groups in total. The smallest absolute Gasteiger partial charge is 0.224 e. The van der Waals surface area contributed by atoms with Crippen LogP contribution in [0.25, 0.3) is 0 Å². The average molecular weight is 255 g/mol. The Hall–Kier alpha value is -1.36. The molecule has 0 bridgehead atoms. The summed E-state index contributed by atoms with van der Waals surface area (Å²) in [6, 6.07) is 6.39. The van der Waals surface area contributed by atoms with Crippen LogP contribution in [0.4, 0.5) is 0 Å². The molecule has 94 valence electrons. The molecule has 1 aromatic rings. The van der Waals surface area contributed by atoms with Gasteiger partial charge in [-0.2, -0.15) is 0 Å². The minimum absolute atomic E-state index is 0.0426. The van der Waals surface area contributed by atoms with Gasteiger partial charge in [-0.1, -0.05) is 19.1 Å². The summed E-state index contributed by atoms with van der Waals surface area (Å²) in [6.07, 6.45) is 2.35. The van der Waals surface area contributed by atoms with E-state index in [0.29, 0.717) is 6.54 Å². The van der Waals surface area contributed by atoms with Gasteiger partial charge in [0.2, 0.25) is 5.91 Å². The highest BCUT2D eigenvalue weighted by Crippen LogP contribution is 2.10. The molecule has 1 rings (SSSR count). The zero-order valence-electron chi connectivity index (χ0n) is 10.1. The summed E-state index contributed by atoms with van der Waals surface area (Å²) in [5.41, 5.74) is 0.811. The van der Waals surface area contributed by atoms with E-state index in [9.17, 15) is 13.2 Å². The Morgan fingerprint density at radius 1 is 1.24 bits per heavy atom. The van der Waals surface area contributed by atoms with Crippen molar-refractivity contribution in [2.45, 2.75) is 24.7 Å². The van der Waals surface area contributed by atoms with Crippen LogP contribution in [-0.4, -0.2) is 27.1 Å². The number of nitrogens with one attached hydrogen (secondary N) is 1. The topological polar surface area (TPSA) is 63.2 Å². The fourth-order valence-electron chi connectivity index (χ4n) is 1.37. The van der Waals surface area contributed by atoms with E-state index in [1.807, 2.05) is 6.92 Å². The molecule has 1 amide bonds. The lowest BCUT2D eigenvalue weighted by Crippen LogP contribution is -2.25. The first-order chi connectivity index (χ1) is 7.93. The Balaban J connectivity index is 2.66. The Bertz CT molecular complexity index is 477. The van der Waals surface area contributed by atoms with Crippen LogP contribution in [-0.2, 0) is 21.1 Å². The predicted molar refractivity (Wildman–Crippen MR) is 66.6 cm³/mol. The number of sulfone groups is 1. The second-order valence-corrected chi connectivity index (χ2v) is 5.96. The number of carbonyl (C=O) groups excluding carboxylic acids is 1. The Morgan fingerprint density at radius 3 is 2.29 bits per heavy atom. The molecule has 0 spiro atoms. The van der Waals surface area contributed by atoms with Gasteiger partial charge < -0.3 is 5.32 Å². The van der Waals surface area contributed by atoms with E-state index >= 15 is 0 Å². The predicted octanol–water partition coefficient (Wildman–Crippen LogP) is 1.16. The van der Waals surface area contributed by atoms with Crippen molar-refractivity contribution in [3.63, 3.8) is 0 Å².